The van der Waals surface area contributed by atoms with Crippen molar-refractivity contribution < 1.29 is 18.3 Å². The Bertz CT molecular complexity index is 974. The molecule has 1 amide bonds. The molecule has 0 radical (unpaired) electrons. The molecule has 3 unspecified atom stereocenters. The number of hydrogen-bond donors (Lipinski definition) is 1. The molecule has 2 aromatic rings. The van der Waals surface area contributed by atoms with Crippen LogP contribution in [0.1, 0.15) is 27.2 Å². The number of nitrogens with zero attached hydrogens (tertiary/aromatic N) is 2. The number of ether oxygens (including phenoxy) is 1. The number of pyridine rings is 1. The van der Waals surface area contributed by atoms with E-state index in [0.717, 1.165) is 29.8 Å². The van der Waals surface area contributed by atoms with Crippen molar-refractivity contribution in [2.45, 2.75) is 63.7 Å². The molecule has 1 aromatic carbocycles. The van der Waals surface area contributed by atoms with Crippen LogP contribution >= 0.6 is 0 Å². The number of benzene rings is 1. The van der Waals surface area contributed by atoms with Gasteiger partial charge < -0.3 is 19.4 Å². The molecule has 1 N–H and O–H groups in total. The molecule has 168 valence electrons. The second-order valence-electron chi connectivity index (χ2n) is 10.0. The molecule has 2 fully saturated rings. The lowest BCUT2D eigenvalue weighted by Crippen LogP contribution is -2.50. The van der Waals surface area contributed by atoms with Crippen LogP contribution in [0.2, 0.25) is 18.1 Å². The van der Waals surface area contributed by atoms with Crippen molar-refractivity contribution in [2.24, 2.45) is 0 Å². The molecular weight excluding hydrogens is 413 g/mol. The van der Waals surface area contributed by atoms with E-state index in [0.29, 0.717) is 5.69 Å². The minimum absolute atomic E-state index is 0.0888. The maximum absolute atomic E-state index is 14.6. The number of fused-ring (bicyclic) bond motifs is 1. The van der Waals surface area contributed by atoms with Gasteiger partial charge in [-0.2, -0.15) is 0 Å². The zero-order valence-electron chi connectivity index (χ0n) is 18.9. The number of carbonyl (C=O) groups excluding carboxylic acids is 1. The van der Waals surface area contributed by atoms with Crippen molar-refractivity contribution >= 4 is 36.6 Å². The predicted octanol–water partition coefficient (Wildman–Crippen LogP) is 4.51. The first-order valence-corrected chi connectivity index (χ1v) is 13.9. The molecular formula is C23H32FN3O3Si. The largest absolute Gasteiger partial charge is 0.408 e. The molecule has 3 atom stereocenters. The van der Waals surface area contributed by atoms with Crippen LogP contribution in [0.15, 0.2) is 30.3 Å². The fourth-order valence-electron chi connectivity index (χ4n) is 3.57. The van der Waals surface area contributed by atoms with E-state index in [1.165, 1.54) is 6.42 Å². The number of amides is 1. The highest BCUT2D eigenvalue weighted by molar-refractivity contribution is 6.74. The minimum atomic E-state index is -2.26. The molecule has 0 aliphatic carbocycles. The Morgan fingerprint density at radius 2 is 1.97 bits per heavy atom. The first kappa shape index (κ1) is 22.2. The lowest BCUT2D eigenvalue weighted by molar-refractivity contribution is -0.128. The van der Waals surface area contributed by atoms with Gasteiger partial charge in [-0.1, -0.05) is 26.8 Å². The summed E-state index contributed by atoms with van der Waals surface area (Å²) in [5, 5.41) is 3.79. The molecule has 6 nitrogen and oxygen atoms in total. The highest BCUT2D eigenvalue weighted by atomic mass is 28.4. The van der Waals surface area contributed by atoms with Crippen molar-refractivity contribution in [3.05, 3.63) is 30.3 Å². The minimum Gasteiger partial charge on any atom is -0.408 e. The Labute approximate surface area is 184 Å². The van der Waals surface area contributed by atoms with Gasteiger partial charge in [-0.3, -0.25) is 4.79 Å². The normalized spacial score (nSPS) is 24.3. The molecule has 0 spiro atoms. The number of anilines is 2. The number of alkyl halides is 1. The third kappa shape index (κ3) is 4.47. The topological polar surface area (TPSA) is 63.7 Å². The van der Waals surface area contributed by atoms with E-state index in [1.807, 2.05) is 30.3 Å². The standard InChI is InChI=1S/C23H32FN3O3Si/c1-23(2,3)31(4,5)30-20-17(24)14-29-21(20)22(28)25-16-9-7-15-8-10-19(26-18(15)13-16)27-11-6-12-27/h7-10,13,17,20-21H,6,11-12,14H2,1-5H3,(H,25,28). The highest BCUT2D eigenvalue weighted by Gasteiger charge is 2.48. The maximum atomic E-state index is 14.6. The van der Waals surface area contributed by atoms with E-state index in [9.17, 15) is 9.18 Å². The smallest absolute Gasteiger partial charge is 0.256 e. The van der Waals surface area contributed by atoms with Crippen molar-refractivity contribution in [1.29, 1.82) is 0 Å². The zero-order valence-corrected chi connectivity index (χ0v) is 19.9. The van der Waals surface area contributed by atoms with Gasteiger partial charge in [0.2, 0.25) is 0 Å². The van der Waals surface area contributed by atoms with Crippen LogP contribution in [0.4, 0.5) is 15.9 Å². The van der Waals surface area contributed by atoms with Crippen LogP contribution in [-0.2, 0) is 14.0 Å². The van der Waals surface area contributed by atoms with Gasteiger partial charge in [-0.15, -0.1) is 0 Å². The Hall–Kier alpha value is -2.03. The second kappa shape index (κ2) is 8.15. The fraction of sp³-hybridized carbons (Fsp3) is 0.565. The molecule has 3 heterocycles. The Morgan fingerprint density at radius 3 is 2.61 bits per heavy atom. The quantitative estimate of drug-likeness (QED) is 0.686. The summed E-state index contributed by atoms with van der Waals surface area (Å²) in [5.41, 5.74) is 1.43. The van der Waals surface area contributed by atoms with E-state index in [-0.39, 0.29) is 17.6 Å². The van der Waals surface area contributed by atoms with Crippen LogP contribution < -0.4 is 10.2 Å². The Balaban J connectivity index is 1.50. The number of rotatable bonds is 5. The maximum Gasteiger partial charge on any atom is 0.256 e. The Morgan fingerprint density at radius 1 is 1.26 bits per heavy atom. The van der Waals surface area contributed by atoms with Crippen LogP contribution in [0.3, 0.4) is 0 Å². The van der Waals surface area contributed by atoms with Crippen molar-refractivity contribution in [3.8, 4) is 0 Å². The van der Waals surface area contributed by atoms with E-state index >= 15 is 0 Å². The predicted molar refractivity (Wildman–Crippen MR) is 124 cm³/mol. The van der Waals surface area contributed by atoms with E-state index < -0.39 is 26.7 Å². The number of hydrogen-bond acceptors (Lipinski definition) is 5. The highest BCUT2D eigenvalue weighted by Crippen LogP contribution is 2.39. The van der Waals surface area contributed by atoms with Gasteiger partial charge in [0.15, 0.2) is 20.6 Å². The summed E-state index contributed by atoms with van der Waals surface area (Å²) in [7, 11) is -2.26. The average molecular weight is 446 g/mol. The zero-order chi connectivity index (χ0) is 22.4. The molecule has 0 bridgehead atoms. The first-order valence-electron chi connectivity index (χ1n) is 11.0. The molecule has 4 rings (SSSR count). The van der Waals surface area contributed by atoms with Gasteiger partial charge >= 0.3 is 0 Å². The van der Waals surface area contributed by atoms with Gasteiger partial charge in [0.1, 0.15) is 11.9 Å². The molecule has 31 heavy (non-hydrogen) atoms. The summed E-state index contributed by atoms with van der Waals surface area (Å²) < 4.78 is 26.4. The van der Waals surface area contributed by atoms with Crippen molar-refractivity contribution in [2.75, 3.05) is 29.9 Å². The van der Waals surface area contributed by atoms with Crippen LogP contribution in [-0.4, -0.2) is 57.3 Å². The van der Waals surface area contributed by atoms with E-state index in [1.54, 1.807) is 0 Å². The van der Waals surface area contributed by atoms with Gasteiger partial charge in [-0.05, 0) is 48.8 Å². The summed E-state index contributed by atoms with van der Waals surface area (Å²) in [4.78, 5) is 19.9. The fourth-order valence-corrected chi connectivity index (χ4v) is 4.88. The van der Waals surface area contributed by atoms with Gasteiger partial charge in [-0.25, -0.2) is 9.37 Å². The summed E-state index contributed by atoms with van der Waals surface area (Å²) in [6, 6.07) is 9.67. The van der Waals surface area contributed by atoms with Gasteiger partial charge in [0.05, 0.1) is 12.1 Å². The molecule has 8 heteroatoms. The van der Waals surface area contributed by atoms with E-state index in [2.05, 4.69) is 44.1 Å². The monoisotopic (exact) mass is 445 g/mol. The van der Waals surface area contributed by atoms with Crippen molar-refractivity contribution in [3.63, 3.8) is 0 Å². The SMILES string of the molecule is CC(C)(C)[Si](C)(C)OC1C(F)COC1C(=O)Nc1ccc2ccc(N3CCC3)nc2c1. The number of carbonyl (C=O) groups is 1. The molecule has 2 aliphatic rings. The summed E-state index contributed by atoms with van der Waals surface area (Å²) in [5.74, 6) is 0.562. The average Bonchev–Trinajstić information content (AvgIpc) is 2.99. The van der Waals surface area contributed by atoms with Gasteiger partial charge in [0.25, 0.3) is 5.91 Å². The second-order valence-corrected chi connectivity index (χ2v) is 14.8. The lowest BCUT2D eigenvalue weighted by Gasteiger charge is -2.39. The molecule has 2 saturated heterocycles. The summed E-state index contributed by atoms with van der Waals surface area (Å²) in [6.07, 6.45) is -2.00. The van der Waals surface area contributed by atoms with Crippen LogP contribution in [0.5, 0.6) is 0 Å². The number of nitrogens with one attached hydrogen (secondary N) is 1. The molecule has 2 aliphatic heterocycles. The Kier molecular flexibility index (Phi) is 5.83. The van der Waals surface area contributed by atoms with Gasteiger partial charge in [0, 0.05) is 24.2 Å². The molecule has 1 aromatic heterocycles. The van der Waals surface area contributed by atoms with E-state index in [4.69, 9.17) is 14.1 Å². The lowest BCUT2D eigenvalue weighted by atomic mass is 10.1. The third-order valence-electron chi connectivity index (χ3n) is 6.71. The first-order chi connectivity index (χ1) is 14.5. The number of aromatic nitrogens is 1. The molecule has 0 saturated carbocycles. The van der Waals surface area contributed by atoms with Crippen molar-refractivity contribution in [1.82, 2.24) is 4.98 Å². The third-order valence-corrected chi connectivity index (χ3v) is 11.2. The number of halogens is 1. The van der Waals surface area contributed by atoms with Crippen LogP contribution in [0, 0.1) is 0 Å². The summed E-state index contributed by atoms with van der Waals surface area (Å²) >= 11 is 0. The summed E-state index contributed by atoms with van der Waals surface area (Å²) in [6.45, 7) is 12.3. The van der Waals surface area contributed by atoms with Crippen LogP contribution in [0.25, 0.3) is 10.9 Å².